The molecule has 0 unspecified atom stereocenters. The number of nitrogens with one attached hydrogen (secondary N) is 1. The van der Waals surface area contributed by atoms with Crippen LogP contribution >= 0.6 is 0 Å². The van der Waals surface area contributed by atoms with Gasteiger partial charge in [-0.15, -0.1) is 0 Å². The van der Waals surface area contributed by atoms with E-state index in [1.165, 1.54) is 0 Å². The number of halogens is 6. The van der Waals surface area contributed by atoms with Crippen LogP contribution < -0.4 is 4.72 Å². The molecule has 0 aliphatic carbocycles. The summed E-state index contributed by atoms with van der Waals surface area (Å²) in [6.07, 6.45) is 1.06. The van der Waals surface area contributed by atoms with Crippen molar-refractivity contribution in [3.63, 3.8) is 0 Å². The fourth-order valence-electron chi connectivity index (χ4n) is 2.30. The quantitative estimate of drug-likeness (QED) is 0.506. The van der Waals surface area contributed by atoms with Crippen LogP contribution in [0.15, 0.2) is 41.4 Å². The highest BCUT2D eigenvalue weighted by Crippen LogP contribution is 2.22. The molecule has 0 amide bonds. The topological polar surface area (TPSA) is 64.0 Å². The van der Waals surface area contributed by atoms with Gasteiger partial charge in [0.2, 0.25) is 0 Å². The molecule has 0 bridgehead atoms. The average Bonchev–Trinajstić information content (AvgIpc) is 3.05. The summed E-state index contributed by atoms with van der Waals surface area (Å²) < 4.78 is 108. The lowest BCUT2D eigenvalue weighted by molar-refractivity contribution is 0.431. The lowest BCUT2D eigenvalue weighted by Crippen LogP contribution is -2.16. The predicted molar refractivity (Wildman–Crippen MR) is 84.8 cm³/mol. The Morgan fingerprint density at radius 1 is 0.893 bits per heavy atom. The van der Waals surface area contributed by atoms with Crippen molar-refractivity contribution >= 4 is 15.8 Å². The summed E-state index contributed by atoms with van der Waals surface area (Å²) in [6.45, 7) is -0.762. The Morgan fingerprint density at radius 2 is 1.54 bits per heavy atom. The van der Waals surface area contributed by atoms with Gasteiger partial charge in [0.25, 0.3) is 10.0 Å². The number of sulfonamides is 1. The van der Waals surface area contributed by atoms with Gasteiger partial charge in [0, 0.05) is 18.3 Å². The van der Waals surface area contributed by atoms with E-state index in [1.807, 2.05) is 4.72 Å². The van der Waals surface area contributed by atoms with Crippen LogP contribution in [0.4, 0.5) is 32.2 Å². The fourth-order valence-corrected chi connectivity index (χ4v) is 3.39. The molecule has 2 aromatic carbocycles. The minimum atomic E-state index is -4.56. The van der Waals surface area contributed by atoms with Gasteiger partial charge >= 0.3 is 0 Å². The second-order valence-corrected chi connectivity index (χ2v) is 7.18. The molecule has 1 aromatic heterocycles. The summed E-state index contributed by atoms with van der Waals surface area (Å²) in [4.78, 5) is -0.980. The van der Waals surface area contributed by atoms with E-state index >= 15 is 0 Å². The SMILES string of the molecule is O=S(=O)(Nc1ccn(Cc2c(F)c(F)cc(F)c2F)n1)c1cc(F)ccc1F. The summed E-state index contributed by atoms with van der Waals surface area (Å²) in [7, 11) is -4.56. The van der Waals surface area contributed by atoms with Crippen LogP contribution in [0.5, 0.6) is 0 Å². The van der Waals surface area contributed by atoms with Gasteiger partial charge in [-0.3, -0.25) is 9.40 Å². The fraction of sp³-hybridized carbons (Fsp3) is 0.0625. The maximum Gasteiger partial charge on any atom is 0.266 e. The van der Waals surface area contributed by atoms with Crippen molar-refractivity contribution in [2.45, 2.75) is 11.4 Å². The normalized spacial score (nSPS) is 11.6. The minimum absolute atomic E-state index is 0.0460. The molecule has 0 aliphatic heterocycles. The second-order valence-electron chi connectivity index (χ2n) is 5.53. The first kappa shape index (κ1) is 19.7. The highest BCUT2D eigenvalue weighted by molar-refractivity contribution is 7.92. The number of benzene rings is 2. The van der Waals surface area contributed by atoms with Crippen molar-refractivity contribution in [2.24, 2.45) is 0 Å². The van der Waals surface area contributed by atoms with E-state index < -0.39 is 67.7 Å². The van der Waals surface area contributed by atoms with E-state index in [9.17, 15) is 34.8 Å². The molecule has 1 N–H and O–H groups in total. The van der Waals surface area contributed by atoms with Gasteiger partial charge in [0.15, 0.2) is 29.1 Å². The maximum absolute atomic E-state index is 13.7. The number of hydrogen-bond acceptors (Lipinski definition) is 3. The molecule has 0 saturated heterocycles. The Kier molecular flexibility index (Phi) is 5.06. The molecule has 5 nitrogen and oxygen atoms in total. The van der Waals surface area contributed by atoms with Crippen LogP contribution in [0.25, 0.3) is 0 Å². The van der Waals surface area contributed by atoms with Crippen molar-refractivity contribution in [1.29, 1.82) is 0 Å². The number of anilines is 1. The number of aromatic nitrogens is 2. The molecule has 0 aliphatic rings. The predicted octanol–water partition coefficient (Wildman–Crippen LogP) is 3.57. The standard InChI is InChI=1S/C16H9F6N3O2S/c17-8-1-2-10(18)13(5-8)28(26,27)24-14-3-4-25(23-14)7-9-15(21)11(19)6-12(20)16(9)22/h1-6H,7H2,(H,23,24). The van der Waals surface area contributed by atoms with Gasteiger partial charge in [-0.2, -0.15) is 5.10 Å². The van der Waals surface area contributed by atoms with Crippen LogP contribution in [0.3, 0.4) is 0 Å². The zero-order valence-corrected chi connectivity index (χ0v) is 14.4. The highest BCUT2D eigenvalue weighted by Gasteiger charge is 2.22. The summed E-state index contributed by atoms with van der Waals surface area (Å²) in [5.74, 6) is -9.08. The summed E-state index contributed by atoms with van der Waals surface area (Å²) in [6, 6.07) is 2.89. The van der Waals surface area contributed by atoms with Crippen LogP contribution in [0.2, 0.25) is 0 Å². The highest BCUT2D eigenvalue weighted by atomic mass is 32.2. The molecule has 3 rings (SSSR count). The van der Waals surface area contributed by atoms with E-state index in [1.54, 1.807) is 0 Å². The van der Waals surface area contributed by atoms with Gasteiger partial charge < -0.3 is 0 Å². The van der Waals surface area contributed by atoms with Crippen LogP contribution in [-0.4, -0.2) is 18.2 Å². The van der Waals surface area contributed by atoms with E-state index in [2.05, 4.69) is 5.10 Å². The maximum atomic E-state index is 13.7. The van der Waals surface area contributed by atoms with Crippen molar-refractivity contribution in [3.8, 4) is 0 Å². The molecular weight excluding hydrogens is 412 g/mol. The average molecular weight is 421 g/mol. The Labute approximate surface area is 154 Å². The first-order chi connectivity index (χ1) is 13.1. The van der Waals surface area contributed by atoms with Gasteiger partial charge in [-0.05, 0) is 18.2 Å². The summed E-state index contributed by atoms with van der Waals surface area (Å²) >= 11 is 0. The number of nitrogens with zero attached hydrogens (tertiary/aromatic N) is 2. The van der Waals surface area contributed by atoms with E-state index in [0.29, 0.717) is 12.1 Å². The van der Waals surface area contributed by atoms with Crippen LogP contribution in [0.1, 0.15) is 5.56 Å². The van der Waals surface area contributed by atoms with Gasteiger partial charge in [-0.25, -0.2) is 34.8 Å². The molecule has 12 heteroatoms. The summed E-state index contributed by atoms with van der Waals surface area (Å²) in [5, 5.41) is 3.64. The Balaban J connectivity index is 1.87. The van der Waals surface area contributed by atoms with E-state index in [4.69, 9.17) is 0 Å². The molecule has 0 spiro atoms. The van der Waals surface area contributed by atoms with Crippen LogP contribution in [-0.2, 0) is 16.6 Å². The monoisotopic (exact) mass is 421 g/mol. The van der Waals surface area contributed by atoms with Gasteiger partial charge in [-0.1, -0.05) is 0 Å². The van der Waals surface area contributed by atoms with E-state index in [-0.39, 0.29) is 6.07 Å². The lowest BCUT2D eigenvalue weighted by Gasteiger charge is -2.08. The third kappa shape index (κ3) is 3.81. The molecule has 28 heavy (non-hydrogen) atoms. The zero-order chi connectivity index (χ0) is 20.6. The van der Waals surface area contributed by atoms with Crippen molar-refractivity contribution in [1.82, 2.24) is 9.78 Å². The van der Waals surface area contributed by atoms with Gasteiger partial charge in [0.1, 0.15) is 16.5 Å². The first-order valence-corrected chi connectivity index (χ1v) is 8.90. The van der Waals surface area contributed by atoms with Crippen LogP contribution in [0, 0.1) is 34.9 Å². The van der Waals surface area contributed by atoms with Crippen molar-refractivity contribution < 1.29 is 34.8 Å². The third-order valence-electron chi connectivity index (χ3n) is 3.59. The number of rotatable bonds is 5. The second kappa shape index (κ2) is 7.19. The lowest BCUT2D eigenvalue weighted by atomic mass is 10.2. The minimum Gasteiger partial charge on any atom is -0.266 e. The zero-order valence-electron chi connectivity index (χ0n) is 13.6. The molecular formula is C16H9F6N3O2S. The molecule has 0 atom stereocenters. The van der Waals surface area contributed by atoms with E-state index in [0.717, 1.165) is 23.0 Å². The first-order valence-electron chi connectivity index (χ1n) is 7.41. The Morgan fingerprint density at radius 3 is 2.18 bits per heavy atom. The van der Waals surface area contributed by atoms with Crippen molar-refractivity contribution in [2.75, 3.05) is 4.72 Å². The molecule has 1 heterocycles. The summed E-state index contributed by atoms with van der Waals surface area (Å²) in [5.41, 5.74) is -0.966. The van der Waals surface area contributed by atoms with Gasteiger partial charge in [0.05, 0.1) is 12.1 Å². The Bertz CT molecular complexity index is 1140. The Hall–Kier alpha value is -3.02. The molecule has 148 valence electrons. The van der Waals surface area contributed by atoms with Crippen molar-refractivity contribution in [3.05, 3.63) is 77.0 Å². The molecule has 0 fully saturated rings. The third-order valence-corrected chi connectivity index (χ3v) is 4.95. The largest absolute Gasteiger partial charge is 0.266 e. The molecule has 3 aromatic rings. The smallest absolute Gasteiger partial charge is 0.266 e. The number of hydrogen-bond donors (Lipinski definition) is 1. The molecule has 0 saturated carbocycles. The molecule has 0 radical (unpaired) electrons.